The Kier molecular flexibility index (Phi) is 6.84. The van der Waals surface area contributed by atoms with Gasteiger partial charge in [0, 0.05) is 46.4 Å². The van der Waals surface area contributed by atoms with E-state index in [4.69, 9.17) is 5.21 Å². The van der Waals surface area contributed by atoms with E-state index < -0.39 is 5.91 Å². The number of rotatable bonds is 7. The van der Waals surface area contributed by atoms with Crippen LogP contribution in [0, 0.1) is 0 Å². The van der Waals surface area contributed by atoms with E-state index in [2.05, 4.69) is 20.6 Å². The van der Waals surface area contributed by atoms with Gasteiger partial charge in [0.15, 0.2) is 5.13 Å². The van der Waals surface area contributed by atoms with Gasteiger partial charge in [-0.15, -0.1) is 11.3 Å². The molecule has 0 fully saturated rings. The zero-order chi connectivity index (χ0) is 23.0. The van der Waals surface area contributed by atoms with Gasteiger partial charge in [0.05, 0.1) is 5.69 Å². The van der Waals surface area contributed by atoms with Crippen molar-refractivity contribution < 1.29 is 14.8 Å². The van der Waals surface area contributed by atoms with E-state index in [1.165, 1.54) is 29.0 Å². The molecule has 2 amide bonds. The number of benzene rings is 2. The Hall–Kier alpha value is -4.34. The first-order chi connectivity index (χ1) is 16.1. The summed E-state index contributed by atoms with van der Waals surface area (Å²) in [5, 5.41) is 17.3. The highest BCUT2D eigenvalue weighted by Crippen LogP contribution is 2.27. The summed E-state index contributed by atoms with van der Waals surface area (Å²) in [7, 11) is 0. The summed E-state index contributed by atoms with van der Waals surface area (Å²) in [6, 6.07) is 17.9. The number of aromatic nitrogens is 2. The van der Waals surface area contributed by atoms with Gasteiger partial charge in [0.2, 0.25) is 0 Å². The summed E-state index contributed by atoms with van der Waals surface area (Å²) in [4.78, 5) is 32.4. The molecule has 0 atom stereocenters. The minimum absolute atomic E-state index is 0.260. The normalized spacial score (nSPS) is 10.7. The van der Waals surface area contributed by atoms with Crippen LogP contribution < -0.4 is 16.1 Å². The molecular formula is C24H19N5O3S. The topological polar surface area (TPSA) is 116 Å². The Morgan fingerprint density at radius 3 is 2.58 bits per heavy atom. The van der Waals surface area contributed by atoms with E-state index in [-0.39, 0.29) is 5.91 Å². The number of carbonyl (C=O) groups excluding carboxylic acids is 2. The van der Waals surface area contributed by atoms with Gasteiger partial charge in [-0.25, -0.2) is 10.5 Å². The molecule has 0 spiro atoms. The maximum atomic E-state index is 12.6. The zero-order valence-electron chi connectivity index (χ0n) is 17.2. The summed E-state index contributed by atoms with van der Waals surface area (Å²) < 4.78 is 0. The quantitative estimate of drug-likeness (QED) is 0.181. The number of pyridine rings is 1. The standard InChI is InChI=1S/C24H19N5O3S/c30-22(29-32)11-8-16-6-9-17(10-7-16)23(31)26-19-4-1-5-20(13-19)27-24-28-21(15-33-24)18-3-2-12-25-14-18/h1-15,32H,(H,26,31)(H,27,28)(H,29,30). The molecule has 0 saturated carbocycles. The van der Waals surface area contributed by atoms with E-state index in [9.17, 15) is 9.59 Å². The van der Waals surface area contributed by atoms with Gasteiger partial charge in [-0.2, -0.15) is 0 Å². The first kappa shape index (κ1) is 21.9. The predicted octanol–water partition coefficient (Wildman–Crippen LogP) is 4.72. The third kappa shape index (κ3) is 5.88. The van der Waals surface area contributed by atoms with Crippen molar-refractivity contribution in [3.05, 3.63) is 95.6 Å². The van der Waals surface area contributed by atoms with Gasteiger partial charge in [0.1, 0.15) is 0 Å². The maximum absolute atomic E-state index is 12.6. The molecule has 2 aromatic carbocycles. The van der Waals surface area contributed by atoms with Crippen LogP contribution in [0.4, 0.5) is 16.5 Å². The predicted molar refractivity (Wildman–Crippen MR) is 128 cm³/mol. The molecule has 0 bridgehead atoms. The summed E-state index contributed by atoms with van der Waals surface area (Å²) in [6.07, 6.45) is 6.21. The van der Waals surface area contributed by atoms with Gasteiger partial charge < -0.3 is 10.6 Å². The minimum Gasteiger partial charge on any atom is -0.331 e. The lowest BCUT2D eigenvalue weighted by atomic mass is 10.1. The van der Waals surface area contributed by atoms with Crippen molar-refractivity contribution in [2.24, 2.45) is 0 Å². The molecule has 4 N–H and O–H groups in total. The van der Waals surface area contributed by atoms with Crippen LogP contribution >= 0.6 is 11.3 Å². The molecule has 0 aliphatic rings. The van der Waals surface area contributed by atoms with Crippen molar-refractivity contribution in [1.29, 1.82) is 0 Å². The third-order valence-electron chi connectivity index (χ3n) is 4.54. The number of amides is 2. The summed E-state index contributed by atoms with van der Waals surface area (Å²) in [5.41, 5.74) is 5.93. The van der Waals surface area contributed by atoms with Crippen LogP contribution in [0.1, 0.15) is 15.9 Å². The number of thiazole rings is 1. The monoisotopic (exact) mass is 457 g/mol. The molecule has 0 saturated heterocycles. The van der Waals surface area contributed by atoms with E-state index in [1.807, 2.05) is 35.7 Å². The molecule has 2 heterocycles. The molecule has 2 aromatic heterocycles. The van der Waals surface area contributed by atoms with Crippen LogP contribution in [0.3, 0.4) is 0 Å². The second-order valence-corrected chi connectivity index (χ2v) is 7.73. The fraction of sp³-hybridized carbons (Fsp3) is 0. The van der Waals surface area contributed by atoms with Crippen molar-refractivity contribution in [3.8, 4) is 11.3 Å². The van der Waals surface area contributed by atoms with Crippen LogP contribution in [0.25, 0.3) is 17.3 Å². The lowest BCUT2D eigenvalue weighted by Crippen LogP contribution is -2.14. The molecule has 0 aliphatic carbocycles. The average molecular weight is 458 g/mol. The van der Waals surface area contributed by atoms with E-state index in [0.717, 1.165) is 27.6 Å². The smallest absolute Gasteiger partial charge is 0.267 e. The Morgan fingerprint density at radius 1 is 1.00 bits per heavy atom. The minimum atomic E-state index is -0.628. The van der Waals surface area contributed by atoms with Crippen LogP contribution in [0.5, 0.6) is 0 Å². The molecule has 4 rings (SSSR count). The Morgan fingerprint density at radius 2 is 1.82 bits per heavy atom. The first-order valence-corrected chi connectivity index (χ1v) is 10.8. The Balaban J connectivity index is 1.40. The van der Waals surface area contributed by atoms with Gasteiger partial charge >= 0.3 is 0 Å². The highest BCUT2D eigenvalue weighted by molar-refractivity contribution is 7.14. The lowest BCUT2D eigenvalue weighted by molar-refractivity contribution is -0.124. The zero-order valence-corrected chi connectivity index (χ0v) is 18.0. The average Bonchev–Trinajstić information content (AvgIpc) is 3.32. The van der Waals surface area contributed by atoms with Crippen molar-refractivity contribution >= 4 is 45.7 Å². The van der Waals surface area contributed by atoms with Gasteiger partial charge in [-0.3, -0.25) is 19.8 Å². The fourth-order valence-electron chi connectivity index (χ4n) is 2.93. The molecule has 8 nitrogen and oxygen atoms in total. The van der Waals surface area contributed by atoms with E-state index >= 15 is 0 Å². The van der Waals surface area contributed by atoms with Gasteiger partial charge in [0.25, 0.3) is 11.8 Å². The number of nitrogens with zero attached hydrogens (tertiary/aromatic N) is 2. The molecule has 4 aromatic rings. The van der Waals surface area contributed by atoms with Gasteiger partial charge in [-0.05, 0) is 54.1 Å². The fourth-order valence-corrected chi connectivity index (χ4v) is 3.67. The van der Waals surface area contributed by atoms with Crippen LogP contribution in [-0.2, 0) is 4.79 Å². The number of anilines is 3. The molecule has 0 unspecified atom stereocenters. The summed E-state index contributed by atoms with van der Waals surface area (Å²) in [5.74, 6) is -0.889. The molecule has 0 radical (unpaired) electrons. The number of hydrogen-bond acceptors (Lipinski definition) is 7. The maximum Gasteiger partial charge on any atom is 0.267 e. The lowest BCUT2D eigenvalue weighted by Gasteiger charge is -2.08. The van der Waals surface area contributed by atoms with E-state index in [1.54, 1.807) is 42.7 Å². The molecule has 164 valence electrons. The number of hydrogen-bond donors (Lipinski definition) is 4. The molecule has 0 aliphatic heterocycles. The Bertz CT molecular complexity index is 1290. The first-order valence-electron chi connectivity index (χ1n) is 9.87. The molecule has 33 heavy (non-hydrogen) atoms. The van der Waals surface area contributed by atoms with E-state index in [0.29, 0.717) is 11.3 Å². The number of carbonyl (C=O) groups is 2. The third-order valence-corrected chi connectivity index (χ3v) is 5.30. The van der Waals surface area contributed by atoms with Crippen LogP contribution in [-0.4, -0.2) is 27.0 Å². The molecular weight excluding hydrogens is 438 g/mol. The van der Waals surface area contributed by atoms with Crippen molar-refractivity contribution in [2.45, 2.75) is 0 Å². The Labute approximate surface area is 193 Å². The highest BCUT2D eigenvalue weighted by Gasteiger charge is 2.08. The number of nitrogens with one attached hydrogen (secondary N) is 3. The van der Waals surface area contributed by atoms with Crippen LogP contribution in [0.2, 0.25) is 0 Å². The highest BCUT2D eigenvalue weighted by atomic mass is 32.1. The van der Waals surface area contributed by atoms with Crippen molar-refractivity contribution in [2.75, 3.05) is 10.6 Å². The van der Waals surface area contributed by atoms with Crippen molar-refractivity contribution in [1.82, 2.24) is 15.4 Å². The number of hydroxylamine groups is 1. The largest absolute Gasteiger partial charge is 0.331 e. The summed E-state index contributed by atoms with van der Waals surface area (Å²) in [6.45, 7) is 0. The second-order valence-electron chi connectivity index (χ2n) is 6.87. The molecule has 9 heteroatoms. The van der Waals surface area contributed by atoms with Gasteiger partial charge in [-0.1, -0.05) is 18.2 Å². The SMILES string of the molecule is O=C(C=Cc1ccc(C(=O)Nc2cccc(Nc3nc(-c4cccnc4)cs3)c2)cc1)NO. The van der Waals surface area contributed by atoms with Crippen LogP contribution in [0.15, 0.2) is 84.5 Å². The summed E-state index contributed by atoms with van der Waals surface area (Å²) >= 11 is 1.48. The van der Waals surface area contributed by atoms with Crippen molar-refractivity contribution in [3.63, 3.8) is 0 Å². The second kappa shape index (κ2) is 10.3.